The Kier molecular flexibility index (Phi) is 4.65. The number of hydrogen-bond donors (Lipinski definition) is 0. The summed E-state index contributed by atoms with van der Waals surface area (Å²) in [4.78, 5) is 0. The minimum Gasteiger partial charge on any atom is -0.306 e. The first-order valence-electron chi connectivity index (χ1n) is 9.92. The van der Waals surface area contributed by atoms with Crippen LogP contribution in [0.2, 0.25) is 0 Å². The first kappa shape index (κ1) is 17.5. The Morgan fingerprint density at radius 1 is 0.893 bits per heavy atom. The van der Waals surface area contributed by atoms with Crippen molar-refractivity contribution in [2.75, 3.05) is 0 Å². The van der Waals surface area contributed by atoms with Gasteiger partial charge in [0.05, 0.1) is 0 Å². The van der Waals surface area contributed by atoms with Gasteiger partial charge in [0.1, 0.15) is 5.82 Å². The molecule has 0 bridgehead atoms. The molecule has 0 radical (unpaired) electrons. The Morgan fingerprint density at radius 3 is 2.54 bits per heavy atom. The number of fused-ring (bicyclic) bond motifs is 1. The maximum Gasteiger partial charge on any atom is 0.191 e. The summed E-state index contributed by atoms with van der Waals surface area (Å²) < 4.78 is 2.31. The van der Waals surface area contributed by atoms with Gasteiger partial charge in [0.2, 0.25) is 0 Å². The average molecular weight is 386 g/mol. The Balaban J connectivity index is 1.36. The smallest absolute Gasteiger partial charge is 0.191 e. The molecule has 140 valence electrons. The van der Waals surface area contributed by atoms with Gasteiger partial charge in [-0.2, -0.15) is 0 Å². The summed E-state index contributed by atoms with van der Waals surface area (Å²) in [6.07, 6.45) is 1.18. The van der Waals surface area contributed by atoms with Crippen LogP contribution in [0.1, 0.15) is 42.1 Å². The molecular formula is C24H23N3S. The number of aromatic nitrogens is 3. The predicted octanol–water partition coefficient (Wildman–Crippen LogP) is 6.01. The van der Waals surface area contributed by atoms with Crippen molar-refractivity contribution in [3.05, 3.63) is 89.7 Å². The van der Waals surface area contributed by atoms with Crippen molar-refractivity contribution in [3.63, 3.8) is 0 Å². The summed E-state index contributed by atoms with van der Waals surface area (Å²) in [6.45, 7) is 3.10. The lowest BCUT2D eigenvalue weighted by Crippen LogP contribution is -2.03. The van der Waals surface area contributed by atoms with Crippen molar-refractivity contribution >= 4 is 22.5 Å². The van der Waals surface area contributed by atoms with Crippen molar-refractivity contribution in [1.82, 2.24) is 14.8 Å². The first-order valence-corrected chi connectivity index (χ1v) is 10.9. The van der Waals surface area contributed by atoms with Crippen LogP contribution in [0.5, 0.6) is 0 Å². The van der Waals surface area contributed by atoms with E-state index in [2.05, 4.69) is 94.5 Å². The zero-order valence-electron chi connectivity index (χ0n) is 16.0. The average Bonchev–Trinajstić information content (AvgIpc) is 3.45. The molecule has 1 fully saturated rings. The van der Waals surface area contributed by atoms with E-state index < -0.39 is 0 Å². The van der Waals surface area contributed by atoms with Crippen LogP contribution >= 0.6 is 11.8 Å². The maximum atomic E-state index is 4.59. The molecule has 4 heteroatoms. The molecule has 1 aromatic heterocycles. The van der Waals surface area contributed by atoms with Crippen molar-refractivity contribution in [3.8, 4) is 0 Å². The molecule has 0 spiro atoms. The van der Waals surface area contributed by atoms with Gasteiger partial charge in [-0.3, -0.25) is 0 Å². The highest BCUT2D eigenvalue weighted by Gasteiger charge is 2.43. The second kappa shape index (κ2) is 7.44. The number of benzene rings is 3. The van der Waals surface area contributed by atoms with Crippen LogP contribution in [-0.2, 0) is 12.3 Å². The number of hydrogen-bond acceptors (Lipinski definition) is 3. The van der Waals surface area contributed by atoms with Crippen LogP contribution in [0.3, 0.4) is 0 Å². The van der Waals surface area contributed by atoms with E-state index in [1.54, 1.807) is 11.8 Å². The van der Waals surface area contributed by atoms with Gasteiger partial charge in [-0.05, 0) is 41.2 Å². The molecule has 2 atom stereocenters. The summed E-state index contributed by atoms with van der Waals surface area (Å²) in [5.74, 6) is 3.15. The SMILES string of the molecule is CCn1c(SCc2cccc3ccccc23)nnc1C1CC1c1ccccc1. The van der Waals surface area contributed by atoms with Gasteiger partial charge in [-0.15, -0.1) is 10.2 Å². The molecule has 4 aromatic rings. The standard InChI is InChI=1S/C24H23N3S/c1-2-27-23(22-15-21(22)18-9-4-3-5-10-18)25-26-24(27)28-16-19-13-8-12-17-11-6-7-14-20(17)19/h3-14,21-22H,2,15-16H2,1H3. The Labute approximate surface area is 169 Å². The summed E-state index contributed by atoms with van der Waals surface area (Å²) in [5.41, 5.74) is 2.77. The molecule has 1 saturated carbocycles. The van der Waals surface area contributed by atoms with Crippen molar-refractivity contribution in [2.24, 2.45) is 0 Å². The number of thioether (sulfide) groups is 1. The molecule has 1 aliphatic rings. The van der Waals surface area contributed by atoms with E-state index in [-0.39, 0.29) is 0 Å². The summed E-state index contributed by atoms with van der Waals surface area (Å²) in [5, 5.41) is 12.8. The van der Waals surface area contributed by atoms with Gasteiger partial charge >= 0.3 is 0 Å². The lowest BCUT2D eigenvalue weighted by Gasteiger charge is -2.09. The largest absolute Gasteiger partial charge is 0.306 e. The van der Waals surface area contributed by atoms with E-state index in [0.717, 1.165) is 23.3 Å². The first-order chi connectivity index (χ1) is 13.8. The van der Waals surface area contributed by atoms with Gasteiger partial charge in [-0.1, -0.05) is 84.6 Å². The van der Waals surface area contributed by atoms with Crippen LogP contribution in [0.25, 0.3) is 10.8 Å². The summed E-state index contributed by atoms with van der Waals surface area (Å²) in [7, 11) is 0. The van der Waals surface area contributed by atoms with Crippen molar-refractivity contribution in [1.29, 1.82) is 0 Å². The minimum atomic E-state index is 0.502. The highest BCUT2D eigenvalue weighted by molar-refractivity contribution is 7.98. The fraction of sp³-hybridized carbons (Fsp3) is 0.250. The Hall–Kier alpha value is -2.59. The van der Waals surface area contributed by atoms with E-state index in [4.69, 9.17) is 0 Å². The molecule has 2 unspecified atom stereocenters. The van der Waals surface area contributed by atoms with E-state index >= 15 is 0 Å². The molecule has 0 saturated heterocycles. The fourth-order valence-electron chi connectivity index (χ4n) is 4.09. The highest BCUT2D eigenvalue weighted by atomic mass is 32.2. The maximum absolute atomic E-state index is 4.59. The Morgan fingerprint density at radius 2 is 1.68 bits per heavy atom. The second-order valence-corrected chi connectivity index (χ2v) is 8.31. The van der Waals surface area contributed by atoms with Gasteiger partial charge in [0, 0.05) is 18.2 Å². The summed E-state index contributed by atoms with van der Waals surface area (Å²) >= 11 is 1.79. The number of nitrogens with zero attached hydrogens (tertiary/aromatic N) is 3. The molecule has 0 aliphatic heterocycles. The van der Waals surface area contributed by atoms with Gasteiger partial charge in [0.15, 0.2) is 5.16 Å². The van der Waals surface area contributed by atoms with Crippen LogP contribution in [-0.4, -0.2) is 14.8 Å². The van der Waals surface area contributed by atoms with Crippen molar-refractivity contribution < 1.29 is 0 Å². The van der Waals surface area contributed by atoms with Gasteiger partial charge in [-0.25, -0.2) is 0 Å². The zero-order chi connectivity index (χ0) is 18.9. The van der Waals surface area contributed by atoms with Crippen molar-refractivity contribution in [2.45, 2.75) is 42.6 Å². The van der Waals surface area contributed by atoms with Crippen LogP contribution in [0, 0.1) is 0 Å². The molecule has 1 aliphatic carbocycles. The Bertz CT molecular complexity index is 1100. The monoisotopic (exact) mass is 385 g/mol. The summed E-state index contributed by atoms with van der Waals surface area (Å²) in [6, 6.07) is 25.9. The molecular weight excluding hydrogens is 362 g/mol. The van der Waals surface area contributed by atoms with E-state index in [9.17, 15) is 0 Å². The lowest BCUT2D eigenvalue weighted by molar-refractivity contribution is 0.640. The minimum absolute atomic E-state index is 0.502. The van der Waals surface area contributed by atoms with Gasteiger partial charge < -0.3 is 4.57 Å². The molecule has 28 heavy (non-hydrogen) atoms. The predicted molar refractivity (Wildman–Crippen MR) is 116 cm³/mol. The molecule has 3 nitrogen and oxygen atoms in total. The quantitative estimate of drug-likeness (QED) is 0.381. The van der Waals surface area contributed by atoms with Crippen LogP contribution < -0.4 is 0 Å². The zero-order valence-corrected chi connectivity index (χ0v) is 16.8. The molecule has 1 heterocycles. The third-order valence-electron chi connectivity index (χ3n) is 5.65. The third-order valence-corrected chi connectivity index (χ3v) is 6.66. The molecule has 0 N–H and O–H groups in total. The molecule has 3 aromatic carbocycles. The van der Waals surface area contributed by atoms with E-state index in [1.807, 2.05) is 0 Å². The topological polar surface area (TPSA) is 30.7 Å². The number of rotatable bonds is 6. The van der Waals surface area contributed by atoms with Crippen LogP contribution in [0.15, 0.2) is 78.0 Å². The third kappa shape index (κ3) is 3.22. The van der Waals surface area contributed by atoms with Crippen LogP contribution in [0.4, 0.5) is 0 Å². The fourth-order valence-corrected chi connectivity index (χ4v) is 5.10. The molecule has 0 amide bonds. The lowest BCUT2D eigenvalue weighted by atomic mass is 10.1. The second-order valence-electron chi connectivity index (χ2n) is 7.37. The molecule has 5 rings (SSSR count). The van der Waals surface area contributed by atoms with E-state index in [1.165, 1.54) is 28.3 Å². The normalized spacial score (nSPS) is 18.5. The van der Waals surface area contributed by atoms with Gasteiger partial charge in [0.25, 0.3) is 0 Å². The highest BCUT2D eigenvalue weighted by Crippen LogP contribution is 2.54. The van der Waals surface area contributed by atoms with E-state index in [0.29, 0.717) is 11.8 Å².